The van der Waals surface area contributed by atoms with Gasteiger partial charge in [0.15, 0.2) is 28.8 Å². The quantitative estimate of drug-likeness (QED) is 0.309. The molecule has 43 heavy (non-hydrogen) atoms. The second-order valence-corrected chi connectivity index (χ2v) is 10.5. The van der Waals surface area contributed by atoms with Crippen molar-refractivity contribution < 1.29 is 59.6 Å². The summed E-state index contributed by atoms with van der Waals surface area (Å²) in [7, 11) is 0. The lowest BCUT2D eigenvalue weighted by atomic mass is 9.82. The zero-order valence-corrected chi connectivity index (χ0v) is 22.1. The van der Waals surface area contributed by atoms with Gasteiger partial charge in [-0.15, -0.1) is 8.78 Å². The van der Waals surface area contributed by atoms with Crippen molar-refractivity contribution in [1.29, 1.82) is 0 Å². The molecule has 0 amide bonds. The first-order valence-corrected chi connectivity index (χ1v) is 13.2. The summed E-state index contributed by atoms with van der Waals surface area (Å²) >= 11 is 0. The van der Waals surface area contributed by atoms with Crippen LogP contribution in [-0.2, 0) is 22.1 Å². The predicted octanol–water partition coefficient (Wildman–Crippen LogP) is 6.28. The third-order valence-electron chi connectivity index (χ3n) is 7.55. The van der Waals surface area contributed by atoms with Gasteiger partial charge in [-0.1, -0.05) is 0 Å². The number of aliphatic carboxylic acids is 1. The van der Waals surface area contributed by atoms with Gasteiger partial charge in [-0.3, -0.25) is 4.79 Å². The predicted molar refractivity (Wildman–Crippen MR) is 129 cm³/mol. The Labute approximate surface area is 238 Å². The molecule has 0 unspecified atom stereocenters. The summed E-state index contributed by atoms with van der Waals surface area (Å²) in [5.41, 5.74) is -1.53. The Balaban J connectivity index is 1.32. The second-order valence-electron chi connectivity index (χ2n) is 10.5. The SMILES string of the molecule is C[C@H](Oc1nc(-n2nc(C(F)(F)F)c3c2[C@H](OC2CC(C(=O)O)C2)CCC3)ccc1F)c1cc2c(cc1F)OC(F)(F)O2. The number of alkyl halides is 5. The van der Waals surface area contributed by atoms with Gasteiger partial charge >= 0.3 is 18.4 Å². The van der Waals surface area contributed by atoms with Crippen molar-refractivity contribution in [2.24, 2.45) is 5.92 Å². The summed E-state index contributed by atoms with van der Waals surface area (Å²) in [6.07, 6.45) is -10.4. The van der Waals surface area contributed by atoms with Crippen LogP contribution < -0.4 is 14.2 Å². The molecule has 6 rings (SSSR count). The summed E-state index contributed by atoms with van der Waals surface area (Å²) in [5, 5.41) is 12.9. The van der Waals surface area contributed by atoms with Gasteiger partial charge in [0.2, 0.25) is 0 Å². The van der Waals surface area contributed by atoms with E-state index in [9.17, 15) is 35.5 Å². The first-order valence-electron chi connectivity index (χ1n) is 13.2. The number of rotatable bonds is 7. The summed E-state index contributed by atoms with van der Waals surface area (Å²) in [6, 6.07) is 3.51. The van der Waals surface area contributed by atoms with Crippen LogP contribution in [0.25, 0.3) is 5.82 Å². The van der Waals surface area contributed by atoms with Crippen LogP contribution in [0.3, 0.4) is 0 Å². The highest BCUT2D eigenvalue weighted by Crippen LogP contribution is 2.45. The van der Waals surface area contributed by atoms with Crippen molar-refractivity contribution >= 4 is 5.97 Å². The van der Waals surface area contributed by atoms with Crippen molar-refractivity contribution in [3.05, 3.63) is 58.4 Å². The number of fused-ring (bicyclic) bond motifs is 2. The van der Waals surface area contributed by atoms with E-state index in [0.717, 1.165) is 22.9 Å². The molecule has 0 bridgehead atoms. The van der Waals surface area contributed by atoms with Crippen LogP contribution in [-0.4, -0.2) is 38.2 Å². The molecule has 1 saturated carbocycles. The smallest absolute Gasteiger partial charge is 0.481 e. The van der Waals surface area contributed by atoms with Crippen molar-refractivity contribution in [3.8, 4) is 23.2 Å². The first-order chi connectivity index (χ1) is 20.2. The fourth-order valence-corrected chi connectivity index (χ4v) is 5.43. The number of nitrogens with zero attached hydrogens (tertiary/aromatic N) is 3. The third-order valence-corrected chi connectivity index (χ3v) is 7.55. The minimum atomic E-state index is -4.83. The molecule has 1 N–H and O–H groups in total. The lowest BCUT2D eigenvalue weighted by Gasteiger charge is -2.36. The number of ether oxygens (including phenoxy) is 4. The molecular weight excluding hydrogens is 595 g/mol. The number of halogens is 7. The van der Waals surface area contributed by atoms with Crippen LogP contribution in [0.15, 0.2) is 24.3 Å². The van der Waals surface area contributed by atoms with Gasteiger partial charge in [0.25, 0.3) is 5.88 Å². The molecule has 3 heterocycles. The van der Waals surface area contributed by atoms with Gasteiger partial charge in [-0.2, -0.15) is 23.3 Å². The van der Waals surface area contributed by atoms with E-state index in [0.29, 0.717) is 18.9 Å². The molecule has 0 radical (unpaired) electrons. The van der Waals surface area contributed by atoms with Gasteiger partial charge in [0.1, 0.15) is 18.0 Å². The summed E-state index contributed by atoms with van der Waals surface area (Å²) in [5.74, 6) is -5.65. The Bertz CT molecular complexity index is 1590. The molecule has 0 spiro atoms. The summed E-state index contributed by atoms with van der Waals surface area (Å²) in [4.78, 5) is 15.2. The minimum absolute atomic E-state index is 0.0382. The van der Waals surface area contributed by atoms with E-state index in [1.165, 1.54) is 6.92 Å². The summed E-state index contributed by atoms with van der Waals surface area (Å²) < 4.78 is 119. The highest BCUT2D eigenvalue weighted by Gasteiger charge is 2.45. The molecule has 2 aliphatic carbocycles. The number of aromatic nitrogens is 3. The lowest BCUT2D eigenvalue weighted by Crippen LogP contribution is -2.37. The van der Waals surface area contributed by atoms with Crippen molar-refractivity contribution in [2.75, 3.05) is 0 Å². The van der Waals surface area contributed by atoms with E-state index >= 15 is 0 Å². The maximum Gasteiger partial charge on any atom is 0.586 e. The topological polar surface area (TPSA) is 105 Å². The molecule has 3 aliphatic rings. The number of hydrogen-bond donors (Lipinski definition) is 1. The van der Waals surface area contributed by atoms with E-state index in [4.69, 9.17) is 14.6 Å². The number of pyridine rings is 1. The zero-order valence-electron chi connectivity index (χ0n) is 22.1. The highest BCUT2D eigenvalue weighted by molar-refractivity contribution is 5.71. The molecule has 16 heteroatoms. The van der Waals surface area contributed by atoms with E-state index in [1.54, 1.807) is 0 Å². The fourth-order valence-electron chi connectivity index (χ4n) is 5.43. The van der Waals surface area contributed by atoms with Crippen LogP contribution in [0.4, 0.5) is 30.7 Å². The maximum atomic E-state index is 14.8. The Morgan fingerprint density at radius 1 is 1.14 bits per heavy atom. The van der Waals surface area contributed by atoms with Crippen molar-refractivity contribution in [1.82, 2.24) is 14.8 Å². The second kappa shape index (κ2) is 10.3. The zero-order chi connectivity index (χ0) is 30.8. The standard InChI is InChI=1S/C27H22F7N3O6/c1-11(15-9-19-20(10-17(15)29)43-27(33,34)42-19)40-24-16(28)5-6-21(35-24)37-22-14(23(36-37)26(30,31)32)3-2-4-18(22)41-13-7-12(8-13)25(38)39/h5-6,9-13,18H,2-4,7-8H2,1H3,(H,38,39)/t11-,12?,13?,18+/m0/s1. The minimum Gasteiger partial charge on any atom is -0.481 e. The lowest BCUT2D eigenvalue weighted by molar-refractivity contribution is -0.286. The Morgan fingerprint density at radius 3 is 2.51 bits per heavy atom. The molecule has 1 aliphatic heterocycles. The first kappa shape index (κ1) is 29.0. The molecule has 1 fully saturated rings. The van der Waals surface area contributed by atoms with Gasteiger partial charge in [0, 0.05) is 17.2 Å². The molecule has 9 nitrogen and oxygen atoms in total. The summed E-state index contributed by atoms with van der Waals surface area (Å²) in [6.45, 7) is 1.27. The molecule has 230 valence electrons. The highest BCUT2D eigenvalue weighted by atomic mass is 19.4. The van der Waals surface area contributed by atoms with Crippen LogP contribution in [0.1, 0.15) is 67.3 Å². The molecule has 0 saturated heterocycles. The van der Waals surface area contributed by atoms with Crippen LogP contribution in [0.2, 0.25) is 0 Å². The van der Waals surface area contributed by atoms with Crippen molar-refractivity contribution in [2.45, 2.75) is 69.8 Å². The fraction of sp³-hybridized carbons (Fsp3) is 0.444. The number of hydrogen-bond acceptors (Lipinski definition) is 7. The van der Waals surface area contributed by atoms with E-state index in [1.807, 2.05) is 0 Å². The third kappa shape index (κ3) is 5.43. The van der Waals surface area contributed by atoms with E-state index in [-0.39, 0.29) is 41.9 Å². The Morgan fingerprint density at radius 2 is 1.84 bits per heavy atom. The number of carboxylic acids is 1. The van der Waals surface area contributed by atoms with Crippen LogP contribution in [0, 0.1) is 17.6 Å². The molecular formula is C27H22F7N3O6. The van der Waals surface area contributed by atoms with E-state index in [2.05, 4.69) is 19.6 Å². The van der Waals surface area contributed by atoms with Gasteiger partial charge < -0.3 is 24.1 Å². The normalized spacial score (nSPS) is 22.9. The number of benzene rings is 1. The monoisotopic (exact) mass is 617 g/mol. The van der Waals surface area contributed by atoms with Crippen LogP contribution >= 0.6 is 0 Å². The average molecular weight is 617 g/mol. The maximum absolute atomic E-state index is 14.8. The average Bonchev–Trinajstić information content (AvgIpc) is 3.43. The molecule has 2 atom stereocenters. The molecule has 1 aromatic carbocycles. The van der Waals surface area contributed by atoms with Gasteiger partial charge in [-0.25, -0.2) is 13.5 Å². The largest absolute Gasteiger partial charge is 0.586 e. The van der Waals surface area contributed by atoms with Crippen molar-refractivity contribution in [3.63, 3.8) is 0 Å². The van der Waals surface area contributed by atoms with Gasteiger partial charge in [-0.05, 0) is 57.2 Å². The van der Waals surface area contributed by atoms with E-state index < -0.39 is 77.4 Å². The number of carbonyl (C=O) groups is 1. The van der Waals surface area contributed by atoms with Gasteiger partial charge in [0.05, 0.1) is 17.7 Å². The Hall–Kier alpha value is -4.08. The number of carboxylic acid groups (broad SMARTS) is 1. The molecule has 3 aromatic rings. The van der Waals surface area contributed by atoms with Crippen LogP contribution in [0.5, 0.6) is 17.4 Å². The molecule has 2 aromatic heterocycles. The Kier molecular flexibility index (Phi) is 6.93.